The molecule has 0 aromatic heterocycles. The fraction of sp³-hybridized carbons (Fsp3) is 0.333. The molecule has 3 aromatic rings. The van der Waals surface area contributed by atoms with E-state index < -0.39 is 0 Å². The number of hydrogen-bond donors (Lipinski definition) is 1. The Kier molecular flexibility index (Phi) is 8.08. The summed E-state index contributed by atoms with van der Waals surface area (Å²) >= 11 is 6.21. The van der Waals surface area contributed by atoms with Crippen molar-refractivity contribution in [1.82, 2.24) is 5.32 Å². The maximum absolute atomic E-state index is 13.7. The van der Waals surface area contributed by atoms with Crippen molar-refractivity contribution >= 4 is 29.1 Å². The highest BCUT2D eigenvalue weighted by Gasteiger charge is 2.36. The molecule has 0 spiro atoms. The highest BCUT2D eigenvalue weighted by molar-refractivity contribution is 6.30. The molecule has 1 N–H and O–H groups in total. The lowest BCUT2D eigenvalue weighted by atomic mass is 9.86. The number of carbonyl (C=O) groups is 2. The molecule has 194 valence electrons. The average molecular weight is 521 g/mol. The predicted octanol–water partition coefficient (Wildman–Crippen LogP) is 6.40. The number of carbonyl (C=O) groups excluding carboxylic acids is 2. The van der Waals surface area contributed by atoms with Gasteiger partial charge < -0.3 is 19.7 Å². The second-order valence-corrected chi connectivity index (χ2v) is 9.88. The number of benzene rings is 3. The summed E-state index contributed by atoms with van der Waals surface area (Å²) in [6.45, 7) is 7.53. The van der Waals surface area contributed by atoms with Crippen LogP contribution < -0.4 is 19.7 Å². The Labute approximate surface area is 223 Å². The van der Waals surface area contributed by atoms with E-state index in [1.165, 1.54) is 6.92 Å². The molecule has 0 saturated heterocycles. The zero-order valence-corrected chi connectivity index (χ0v) is 22.6. The fourth-order valence-corrected chi connectivity index (χ4v) is 4.81. The third-order valence-corrected chi connectivity index (χ3v) is 7.02. The first-order chi connectivity index (χ1) is 17.7. The molecule has 3 aromatic carbocycles. The van der Waals surface area contributed by atoms with Crippen LogP contribution in [0.2, 0.25) is 5.02 Å². The minimum atomic E-state index is -0.377. The predicted molar refractivity (Wildman–Crippen MR) is 147 cm³/mol. The highest BCUT2D eigenvalue weighted by atomic mass is 35.5. The first kappa shape index (κ1) is 26.6. The number of methoxy groups -OCH3 is 1. The lowest BCUT2D eigenvalue weighted by molar-refractivity contribution is -0.120. The normalized spacial score (nSPS) is 16.5. The maximum Gasteiger partial charge on any atom is 0.232 e. The molecule has 1 aliphatic rings. The SMILES string of the molecule is CC[C@@H](C)Oc1cc2c(cc1OC)CC(=O)N(c1ccc(C(C)NC(C)=O)cc1)C2c1ccc(Cl)cc1. The number of anilines is 1. The highest BCUT2D eigenvalue weighted by Crippen LogP contribution is 2.44. The van der Waals surface area contributed by atoms with E-state index in [0.29, 0.717) is 16.5 Å². The molecular formula is C30H33ClN2O4. The number of rotatable bonds is 8. The van der Waals surface area contributed by atoms with Crippen molar-refractivity contribution in [2.75, 3.05) is 12.0 Å². The van der Waals surface area contributed by atoms with Crippen LogP contribution in [0, 0.1) is 0 Å². The Hall–Kier alpha value is -3.51. The second kappa shape index (κ2) is 11.3. The van der Waals surface area contributed by atoms with Gasteiger partial charge in [-0.05, 0) is 78.9 Å². The number of nitrogens with one attached hydrogen (secondary N) is 1. The summed E-state index contributed by atoms with van der Waals surface area (Å²) in [5.41, 5.74) is 4.56. The lowest BCUT2D eigenvalue weighted by Crippen LogP contribution is -2.41. The Bertz CT molecular complexity index is 1270. The van der Waals surface area contributed by atoms with E-state index in [1.54, 1.807) is 7.11 Å². The van der Waals surface area contributed by atoms with Crippen LogP contribution in [0.5, 0.6) is 11.5 Å². The van der Waals surface area contributed by atoms with Crippen LogP contribution >= 0.6 is 11.6 Å². The number of nitrogens with zero attached hydrogens (tertiary/aromatic N) is 1. The summed E-state index contributed by atoms with van der Waals surface area (Å²) in [4.78, 5) is 27.0. The van der Waals surface area contributed by atoms with E-state index in [-0.39, 0.29) is 36.4 Å². The van der Waals surface area contributed by atoms with Crippen molar-refractivity contribution in [1.29, 1.82) is 0 Å². The van der Waals surface area contributed by atoms with Gasteiger partial charge in [-0.2, -0.15) is 0 Å². The molecular weight excluding hydrogens is 488 g/mol. The van der Waals surface area contributed by atoms with Gasteiger partial charge in [-0.3, -0.25) is 9.59 Å². The van der Waals surface area contributed by atoms with Crippen molar-refractivity contribution in [2.45, 2.75) is 58.7 Å². The molecule has 2 unspecified atom stereocenters. The van der Waals surface area contributed by atoms with Crippen LogP contribution in [0.15, 0.2) is 60.7 Å². The van der Waals surface area contributed by atoms with Gasteiger partial charge in [0.25, 0.3) is 0 Å². The summed E-state index contributed by atoms with van der Waals surface area (Å²) in [7, 11) is 1.61. The van der Waals surface area contributed by atoms with Crippen LogP contribution in [0.3, 0.4) is 0 Å². The molecule has 0 fully saturated rings. The largest absolute Gasteiger partial charge is 0.493 e. The molecule has 0 bridgehead atoms. The van der Waals surface area contributed by atoms with Crippen LogP contribution in [0.1, 0.15) is 68.5 Å². The van der Waals surface area contributed by atoms with Crippen molar-refractivity contribution in [3.63, 3.8) is 0 Å². The smallest absolute Gasteiger partial charge is 0.232 e. The van der Waals surface area contributed by atoms with Crippen molar-refractivity contribution in [3.05, 3.63) is 87.9 Å². The summed E-state index contributed by atoms with van der Waals surface area (Å²) in [6.07, 6.45) is 1.11. The van der Waals surface area contributed by atoms with Crippen molar-refractivity contribution in [3.8, 4) is 11.5 Å². The number of halogens is 1. The zero-order valence-electron chi connectivity index (χ0n) is 21.9. The lowest BCUT2D eigenvalue weighted by Gasteiger charge is -2.38. The Balaban J connectivity index is 1.82. The molecule has 3 atom stereocenters. The maximum atomic E-state index is 13.7. The molecule has 1 heterocycles. The van der Waals surface area contributed by atoms with E-state index in [2.05, 4.69) is 12.2 Å². The van der Waals surface area contributed by atoms with Gasteiger partial charge in [-0.1, -0.05) is 42.8 Å². The quantitative estimate of drug-likeness (QED) is 0.373. The van der Waals surface area contributed by atoms with Crippen LogP contribution in [-0.2, 0) is 16.0 Å². The second-order valence-electron chi connectivity index (χ2n) is 9.45. The Morgan fingerprint density at radius 1 is 1.08 bits per heavy atom. The zero-order chi connectivity index (χ0) is 26.7. The fourth-order valence-electron chi connectivity index (χ4n) is 4.69. The first-order valence-corrected chi connectivity index (χ1v) is 12.9. The molecule has 6 nitrogen and oxygen atoms in total. The number of ether oxygens (including phenoxy) is 2. The summed E-state index contributed by atoms with van der Waals surface area (Å²) in [5, 5.41) is 3.53. The molecule has 0 saturated carbocycles. The van der Waals surface area contributed by atoms with Gasteiger partial charge in [0, 0.05) is 17.6 Å². The average Bonchev–Trinajstić information content (AvgIpc) is 2.88. The Morgan fingerprint density at radius 3 is 2.35 bits per heavy atom. The van der Waals surface area contributed by atoms with Gasteiger partial charge in [-0.25, -0.2) is 0 Å². The number of hydrogen-bond acceptors (Lipinski definition) is 4. The van der Waals surface area contributed by atoms with E-state index in [0.717, 1.165) is 34.4 Å². The number of amides is 2. The topological polar surface area (TPSA) is 67.9 Å². The molecule has 1 aliphatic heterocycles. The van der Waals surface area contributed by atoms with Crippen molar-refractivity contribution in [2.24, 2.45) is 0 Å². The molecule has 7 heteroatoms. The van der Waals surface area contributed by atoms with E-state index in [4.69, 9.17) is 21.1 Å². The molecule has 37 heavy (non-hydrogen) atoms. The van der Waals surface area contributed by atoms with Gasteiger partial charge in [0.15, 0.2) is 11.5 Å². The van der Waals surface area contributed by atoms with Crippen molar-refractivity contribution < 1.29 is 19.1 Å². The van der Waals surface area contributed by atoms with Crippen LogP contribution in [0.4, 0.5) is 5.69 Å². The van der Waals surface area contributed by atoms with Gasteiger partial charge in [-0.15, -0.1) is 0 Å². The third-order valence-electron chi connectivity index (χ3n) is 6.77. The molecule has 0 aliphatic carbocycles. The van der Waals surface area contributed by atoms with Crippen LogP contribution in [-0.4, -0.2) is 25.0 Å². The summed E-state index contributed by atoms with van der Waals surface area (Å²) < 4.78 is 11.8. The van der Waals surface area contributed by atoms with Gasteiger partial charge in [0.1, 0.15) is 0 Å². The van der Waals surface area contributed by atoms with Crippen LogP contribution in [0.25, 0.3) is 0 Å². The Morgan fingerprint density at radius 2 is 1.76 bits per heavy atom. The minimum absolute atomic E-state index is 0.0143. The van der Waals surface area contributed by atoms with Gasteiger partial charge >= 0.3 is 0 Å². The summed E-state index contributed by atoms with van der Waals surface area (Å²) in [5.74, 6) is 1.16. The monoisotopic (exact) mass is 520 g/mol. The van der Waals surface area contributed by atoms with Gasteiger partial charge in [0.2, 0.25) is 11.8 Å². The standard InChI is InChI=1S/C30H33ClN2O4/c1-6-18(2)37-28-17-26-23(15-27(28)36-5)16-29(35)33(30(26)22-7-11-24(31)12-8-22)25-13-9-21(10-14-25)19(3)32-20(4)34/h7-15,17-19,30H,6,16H2,1-5H3,(H,32,34)/t18-,19?,30?/m1/s1. The first-order valence-electron chi connectivity index (χ1n) is 12.5. The van der Waals surface area contributed by atoms with E-state index >= 15 is 0 Å². The molecule has 2 amide bonds. The third kappa shape index (κ3) is 5.75. The molecule has 0 radical (unpaired) electrons. The molecule has 4 rings (SSSR count). The number of fused-ring (bicyclic) bond motifs is 1. The van der Waals surface area contributed by atoms with Gasteiger partial charge in [0.05, 0.1) is 31.7 Å². The van der Waals surface area contributed by atoms with E-state index in [9.17, 15) is 9.59 Å². The van der Waals surface area contributed by atoms with E-state index in [1.807, 2.05) is 79.4 Å². The minimum Gasteiger partial charge on any atom is -0.493 e. The summed E-state index contributed by atoms with van der Waals surface area (Å²) in [6, 6.07) is 18.8.